The Morgan fingerprint density at radius 3 is 2.60 bits per heavy atom. The molecule has 2 amide bonds. The van der Waals surface area contributed by atoms with Gasteiger partial charge in [-0.15, -0.1) is 0 Å². The zero-order valence-corrected chi connectivity index (χ0v) is 14.6. The Bertz CT molecular complexity index is 835. The van der Waals surface area contributed by atoms with Gasteiger partial charge in [0.1, 0.15) is 12.1 Å². The molecule has 1 saturated heterocycles. The summed E-state index contributed by atoms with van der Waals surface area (Å²) in [5.74, 6) is -0.700. The Labute approximate surface area is 154 Å². The first-order chi connectivity index (χ1) is 12.0. The van der Waals surface area contributed by atoms with Crippen LogP contribution >= 0.6 is 23.4 Å². The maximum absolute atomic E-state index is 12.7. The first kappa shape index (κ1) is 17.3. The number of anilines is 1. The van der Waals surface area contributed by atoms with Crippen LogP contribution in [0.1, 0.15) is 19.3 Å². The predicted octanol–water partition coefficient (Wildman–Crippen LogP) is 2.72. The second-order valence-corrected chi connectivity index (χ2v) is 7.35. The molecule has 0 radical (unpaired) electrons. The molecule has 126 valence electrons. The van der Waals surface area contributed by atoms with E-state index in [9.17, 15) is 9.59 Å². The van der Waals surface area contributed by atoms with Crippen LogP contribution in [-0.4, -0.2) is 23.1 Å². The molecule has 2 fully saturated rings. The van der Waals surface area contributed by atoms with Crippen molar-refractivity contribution in [1.82, 2.24) is 5.32 Å². The van der Waals surface area contributed by atoms with Crippen molar-refractivity contribution >= 4 is 40.9 Å². The third-order valence-corrected chi connectivity index (χ3v) is 5.24. The molecule has 0 bridgehead atoms. The van der Waals surface area contributed by atoms with Gasteiger partial charge in [0.05, 0.1) is 16.0 Å². The third kappa shape index (κ3) is 3.79. The van der Waals surface area contributed by atoms with E-state index in [0.717, 1.165) is 29.5 Å². The van der Waals surface area contributed by atoms with E-state index >= 15 is 0 Å². The number of carbonyl (C=O) groups is 2. The Morgan fingerprint density at radius 2 is 2.00 bits per heavy atom. The molecule has 0 unspecified atom stereocenters. The molecule has 25 heavy (non-hydrogen) atoms. The van der Waals surface area contributed by atoms with Gasteiger partial charge in [-0.05, 0) is 31.0 Å². The highest BCUT2D eigenvalue weighted by atomic mass is 35.5. The summed E-state index contributed by atoms with van der Waals surface area (Å²) < 4.78 is 0. The van der Waals surface area contributed by atoms with Gasteiger partial charge in [0.25, 0.3) is 0 Å². The highest BCUT2D eigenvalue weighted by Crippen LogP contribution is 2.35. The number of amides is 2. The van der Waals surface area contributed by atoms with Crippen LogP contribution in [0.3, 0.4) is 0 Å². The summed E-state index contributed by atoms with van der Waals surface area (Å²) in [4.78, 5) is 26.1. The van der Waals surface area contributed by atoms with Crippen molar-refractivity contribution in [3.8, 4) is 12.1 Å². The van der Waals surface area contributed by atoms with Crippen molar-refractivity contribution in [1.29, 1.82) is 10.5 Å². The van der Waals surface area contributed by atoms with Crippen molar-refractivity contribution in [2.24, 2.45) is 0 Å². The van der Waals surface area contributed by atoms with Crippen LogP contribution in [0.5, 0.6) is 0 Å². The summed E-state index contributed by atoms with van der Waals surface area (Å²) in [5.41, 5.74) is 0.352. The molecule has 3 rings (SSSR count). The van der Waals surface area contributed by atoms with Crippen LogP contribution in [0.15, 0.2) is 34.9 Å². The zero-order chi connectivity index (χ0) is 18.0. The molecule has 2 aliphatic rings. The summed E-state index contributed by atoms with van der Waals surface area (Å²) in [7, 11) is 0. The minimum Gasteiger partial charge on any atom is -0.375 e. The summed E-state index contributed by atoms with van der Waals surface area (Å²) in [5, 5.41) is 21.5. The fourth-order valence-electron chi connectivity index (χ4n) is 2.43. The Kier molecular flexibility index (Phi) is 4.98. The van der Waals surface area contributed by atoms with Gasteiger partial charge < -0.3 is 5.32 Å². The molecule has 0 aromatic heterocycles. The van der Waals surface area contributed by atoms with E-state index in [0.29, 0.717) is 15.7 Å². The predicted molar refractivity (Wildman–Crippen MR) is 94.4 cm³/mol. The molecule has 1 aromatic carbocycles. The average Bonchev–Trinajstić information content (AvgIpc) is 3.34. The van der Waals surface area contributed by atoms with Gasteiger partial charge in [-0.2, -0.15) is 10.5 Å². The van der Waals surface area contributed by atoms with Crippen molar-refractivity contribution in [3.05, 3.63) is 39.9 Å². The number of thioether (sulfide) groups is 1. The largest absolute Gasteiger partial charge is 0.375 e. The normalized spacial score (nSPS) is 19.3. The molecule has 6 nitrogen and oxygen atoms in total. The first-order valence-electron chi connectivity index (χ1n) is 7.63. The minimum atomic E-state index is -0.676. The molecule has 1 aliphatic carbocycles. The Morgan fingerprint density at radius 1 is 1.28 bits per heavy atom. The number of nitrogens with zero attached hydrogens (tertiary/aromatic N) is 3. The SMILES string of the molecule is N#CC(C#N)=C(NC1CC1)S[C@@H]1CC(=O)N(c2cccc(Cl)c2)C1=O. The lowest BCUT2D eigenvalue weighted by Crippen LogP contribution is -2.31. The summed E-state index contributed by atoms with van der Waals surface area (Å²) in [6.07, 6.45) is 1.93. The lowest BCUT2D eigenvalue weighted by atomic mass is 10.3. The van der Waals surface area contributed by atoms with Crippen LogP contribution in [0.2, 0.25) is 5.02 Å². The Hall–Kier alpha value is -2.48. The van der Waals surface area contributed by atoms with E-state index < -0.39 is 5.25 Å². The number of hydrogen-bond acceptors (Lipinski definition) is 6. The number of hydrogen-bond donors (Lipinski definition) is 1. The molecular weight excluding hydrogens is 360 g/mol. The lowest BCUT2D eigenvalue weighted by molar-refractivity contribution is -0.121. The first-order valence-corrected chi connectivity index (χ1v) is 8.89. The number of nitriles is 2. The van der Waals surface area contributed by atoms with Gasteiger partial charge in [0, 0.05) is 17.5 Å². The number of allylic oxidation sites excluding steroid dienone is 1. The van der Waals surface area contributed by atoms with E-state index in [-0.39, 0.29) is 29.9 Å². The van der Waals surface area contributed by atoms with Crippen molar-refractivity contribution in [2.75, 3.05) is 4.90 Å². The molecule has 1 heterocycles. The number of nitrogens with one attached hydrogen (secondary N) is 1. The van der Waals surface area contributed by atoms with Gasteiger partial charge in [-0.1, -0.05) is 29.4 Å². The average molecular weight is 373 g/mol. The van der Waals surface area contributed by atoms with Gasteiger partial charge in [-0.3, -0.25) is 9.59 Å². The summed E-state index contributed by atoms with van der Waals surface area (Å²) in [6, 6.07) is 10.4. The van der Waals surface area contributed by atoms with Crippen molar-refractivity contribution in [2.45, 2.75) is 30.6 Å². The van der Waals surface area contributed by atoms with Crippen LogP contribution in [0.4, 0.5) is 5.69 Å². The maximum Gasteiger partial charge on any atom is 0.247 e. The minimum absolute atomic E-state index is 0.00992. The molecule has 1 aliphatic heterocycles. The molecular formula is C17H13ClN4O2S. The number of rotatable bonds is 5. The topological polar surface area (TPSA) is 97.0 Å². The second kappa shape index (κ2) is 7.18. The smallest absolute Gasteiger partial charge is 0.247 e. The standard InChI is InChI=1S/C17H13ClN4O2S/c18-11-2-1-3-13(6-11)22-15(23)7-14(17(22)24)25-16(10(8-19)9-20)21-12-4-5-12/h1-3,6,12,14,21H,4-5,7H2/t14-/m1/s1. The van der Waals surface area contributed by atoms with Crippen molar-refractivity contribution < 1.29 is 9.59 Å². The van der Waals surface area contributed by atoms with Crippen molar-refractivity contribution in [3.63, 3.8) is 0 Å². The number of benzene rings is 1. The second-order valence-electron chi connectivity index (χ2n) is 5.70. The van der Waals surface area contributed by atoms with Gasteiger partial charge in [0.2, 0.25) is 11.8 Å². The molecule has 1 saturated carbocycles. The highest BCUT2D eigenvalue weighted by molar-refractivity contribution is 8.04. The summed E-state index contributed by atoms with van der Waals surface area (Å²) >= 11 is 7.01. The van der Waals surface area contributed by atoms with Crippen LogP contribution in [0, 0.1) is 22.7 Å². The number of imide groups is 1. The van der Waals surface area contributed by atoms with Crippen LogP contribution in [-0.2, 0) is 9.59 Å². The lowest BCUT2D eigenvalue weighted by Gasteiger charge is -2.16. The van der Waals surface area contributed by atoms with Crippen LogP contribution < -0.4 is 10.2 Å². The van der Waals surface area contributed by atoms with E-state index in [1.807, 2.05) is 12.1 Å². The molecule has 8 heteroatoms. The molecule has 1 aromatic rings. The van der Waals surface area contributed by atoms with Crippen LogP contribution in [0.25, 0.3) is 0 Å². The van der Waals surface area contributed by atoms with Gasteiger partial charge in [0.15, 0.2) is 5.57 Å². The van der Waals surface area contributed by atoms with Gasteiger partial charge in [-0.25, -0.2) is 4.90 Å². The third-order valence-electron chi connectivity index (χ3n) is 3.79. The molecule has 1 atom stereocenters. The summed E-state index contributed by atoms with van der Waals surface area (Å²) in [6.45, 7) is 0. The number of halogens is 1. The fraction of sp³-hybridized carbons (Fsp3) is 0.294. The van der Waals surface area contributed by atoms with Gasteiger partial charge >= 0.3 is 0 Å². The fourth-order valence-corrected chi connectivity index (χ4v) is 3.77. The number of carbonyl (C=O) groups excluding carboxylic acids is 2. The van der Waals surface area contributed by atoms with E-state index in [1.165, 1.54) is 0 Å². The quantitative estimate of drug-likeness (QED) is 0.630. The zero-order valence-electron chi connectivity index (χ0n) is 13.0. The van der Waals surface area contributed by atoms with E-state index in [1.54, 1.807) is 24.3 Å². The van der Waals surface area contributed by atoms with E-state index in [4.69, 9.17) is 22.1 Å². The Balaban J connectivity index is 1.83. The molecule has 0 spiro atoms. The monoisotopic (exact) mass is 372 g/mol. The molecule has 1 N–H and O–H groups in total. The van der Waals surface area contributed by atoms with E-state index in [2.05, 4.69) is 5.32 Å². The highest BCUT2D eigenvalue weighted by Gasteiger charge is 2.41. The maximum atomic E-state index is 12.7.